The van der Waals surface area contributed by atoms with E-state index >= 15 is 0 Å². The highest BCUT2D eigenvalue weighted by molar-refractivity contribution is 5.77. The molecule has 0 fully saturated rings. The van der Waals surface area contributed by atoms with Gasteiger partial charge in [-0.2, -0.15) is 0 Å². The van der Waals surface area contributed by atoms with Crippen LogP contribution in [0, 0.1) is 5.41 Å². The van der Waals surface area contributed by atoms with Crippen LogP contribution in [0.1, 0.15) is 32.8 Å². The van der Waals surface area contributed by atoms with Gasteiger partial charge in [0.2, 0.25) is 0 Å². The van der Waals surface area contributed by atoms with Crippen LogP contribution in [0.4, 0.5) is 0 Å². The van der Waals surface area contributed by atoms with Crippen molar-refractivity contribution in [3.05, 3.63) is 23.8 Å². The highest BCUT2D eigenvalue weighted by Gasteiger charge is 2.37. The fraction of sp³-hybridized carbons (Fsp3) is 0.550. The molecule has 0 saturated heterocycles. The Labute approximate surface area is 169 Å². The van der Waals surface area contributed by atoms with E-state index in [9.17, 15) is 24.6 Å². The Hall–Kier alpha value is -2.81. The monoisotopic (exact) mass is 412 g/mol. The first kappa shape index (κ1) is 24.2. The van der Waals surface area contributed by atoms with E-state index in [0.717, 1.165) is 0 Å². The Morgan fingerprint density at radius 2 is 1.62 bits per heavy atom. The van der Waals surface area contributed by atoms with Crippen LogP contribution in [0.3, 0.4) is 0 Å². The summed E-state index contributed by atoms with van der Waals surface area (Å²) in [6, 6.07) is 4.00. The van der Waals surface area contributed by atoms with E-state index < -0.39 is 23.3 Å². The highest BCUT2D eigenvalue weighted by atomic mass is 16.6. The van der Waals surface area contributed by atoms with Gasteiger partial charge in [-0.15, -0.1) is 0 Å². The Morgan fingerprint density at radius 1 is 0.931 bits per heavy atom. The van der Waals surface area contributed by atoms with E-state index in [2.05, 4.69) is 0 Å². The van der Waals surface area contributed by atoms with Crippen molar-refractivity contribution in [1.82, 2.24) is 0 Å². The Morgan fingerprint density at radius 3 is 2.24 bits per heavy atom. The molecule has 1 aromatic carbocycles. The van der Waals surface area contributed by atoms with Crippen molar-refractivity contribution in [1.29, 1.82) is 0 Å². The maximum Gasteiger partial charge on any atom is 0.317 e. The summed E-state index contributed by atoms with van der Waals surface area (Å²) in [5.74, 6) is -2.26. The van der Waals surface area contributed by atoms with Crippen molar-refractivity contribution in [2.45, 2.75) is 33.6 Å². The van der Waals surface area contributed by atoms with Gasteiger partial charge in [-0.05, 0) is 31.5 Å². The van der Waals surface area contributed by atoms with E-state index in [1.54, 1.807) is 20.8 Å². The molecule has 1 atom stereocenters. The van der Waals surface area contributed by atoms with Gasteiger partial charge >= 0.3 is 17.9 Å². The zero-order chi connectivity index (χ0) is 21.9. The predicted molar refractivity (Wildman–Crippen MR) is 101 cm³/mol. The van der Waals surface area contributed by atoms with E-state index in [-0.39, 0.29) is 50.8 Å². The quantitative estimate of drug-likeness (QED) is 0.228. The van der Waals surface area contributed by atoms with Gasteiger partial charge < -0.3 is 29.2 Å². The van der Waals surface area contributed by atoms with Gasteiger partial charge in [-0.1, -0.05) is 13.0 Å². The van der Waals surface area contributed by atoms with Crippen LogP contribution in [-0.2, 0) is 39.8 Å². The molecule has 0 heterocycles. The normalized spacial score (nSPS) is 12.7. The highest BCUT2D eigenvalue weighted by Crippen LogP contribution is 2.25. The van der Waals surface area contributed by atoms with Gasteiger partial charge in [0.25, 0.3) is 0 Å². The van der Waals surface area contributed by atoms with Crippen LogP contribution in [0.5, 0.6) is 11.5 Å². The van der Waals surface area contributed by atoms with E-state index in [0.29, 0.717) is 12.2 Å². The van der Waals surface area contributed by atoms with Crippen LogP contribution in [0.2, 0.25) is 0 Å². The second-order valence-corrected chi connectivity index (χ2v) is 6.57. The van der Waals surface area contributed by atoms with Gasteiger partial charge in [0.05, 0.1) is 13.0 Å². The van der Waals surface area contributed by atoms with Crippen LogP contribution >= 0.6 is 0 Å². The summed E-state index contributed by atoms with van der Waals surface area (Å²) < 4.78 is 20.5. The van der Waals surface area contributed by atoms with Gasteiger partial charge in [0, 0.05) is 13.0 Å². The Kier molecular flexibility index (Phi) is 9.94. The molecule has 0 aliphatic carbocycles. The summed E-state index contributed by atoms with van der Waals surface area (Å²) in [7, 11) is 0. The molecule has 0 aliphatic heterocycles. The van der Waals surface area contributed by atoms with Gasteiger partial charge in [0.1, 0.15) is 25.2 Å². The Balaban J connectivity index is 2.46. The molecule has 29 heavy (non-hydrogen) atoms. The van der Waals surface area contributed by atoms with Gasteiger partial charge in [-0.25, -0.2) is 0 Å². The minimum absolute atomic E-state index is 0.0173. The van der Waals surface area contributed by atoms with Crippen molar-refractivity contribution in [2.24, 2.45) is 5.41 Å². The first-order valence-electron chi connectivity index (χ1n) is 9.29. The van der Waals surface area contributed by atoms with Crippen molar-refractivity contribution in [3.63, 3.8) is 0 Å². The second-order valence-electron chi connectivity index (χ2n) is 6.57. The lowest BCUT2D eigenvalue weighted by Gasteiger charge is -2.26. The number of benzene rings is 1. The van der Waals surface area contributed by atoms with Crippen molar-refractivity contribution in [3.8, 4) is 11.5 Å². The number of phenolic OH excluding ortho intramolecular Hbond substituents is 2. The summed E-state index contributed by atoms with van der Waals surface area (Å²) >= 11 is 0. The van der Waals surface area contributed by atoms with Crippen LogP contribution in [0.25, 0.3) is 0 Å². The van der Waals surface area contributed by atoms with E-state index in [4.69, 9.17) is 18.9 Å². The molecule has 1 unspecified atom stereocenters. The standard InChI is InChI=1S/C20H28O9/c1-4-17(23)29-13-20(3,12-26-5-2)19(25)28-9-8-27-18(24)11-14-6-7-15(21)16(22)10-14/h6-7,10,21-22H,4-5,8-9,11-13H2,1-3H3. The lowest BCUT2D eigenvalue weighted by atomic mass is 9.93. The predicted octanol–water partition coefficient (Wildman–Crippen LogP) is 1.72. The lowest BCUT2D eigenvalue weighted by molar-refractivity contribution is -0.169. The van der Waals surface area contributed by atoms with E-state index in [1.165, 1.54) is 18.2 Å². The molecule has 162 valence electrons. The summed E-state index contributed by atoms with van der Waals surface area (Å²) in [5.41, 5.74) is -0.710. The largest absolute Gasteiger partial charge is 0.504 e. The molecule has 2 N–H and O–H groups in total. The molecular formula is C20H28O9. The maximum absolute atomic E-state index is 12.4. The summed E-state index contributed by atoms with van der Waals surface area (Å²) in [6.07, 6.45) is 0.0747. The van der Waals surface area contributed by atoms with Crippen molar-refractivity contribution >= 4 is 17.9 Å². The van der Waals surface area contributed by atoms with Gasteiger partial charge in [-0.3, -0.25) is 14.4 Å². The molecule has 0 radical (unpaired) electrons. The zero-order valence-electron chi connectivity index (χ0n) is 16.9. The molecule has 0 aliphatic rings. The Bertz CT molecular complexity index is 701. The molecule has 0 bridgehead atoms. The number of carbonyl (C=O) groups is 3. The fourth-order valence-electron chi connectivity index (χ4n) is 2.19. The summed E-state index contributed by atoms with van der Waals surface area (Å²) in [6.45, 7) is 4.88. The van der Waals surface area contributed by atoms with Crippen molar-refractivity contribution in [2.75, 3.05) is 33.0 Å². The molecule has 0 spiro atoms. The lowest BCUT2D eigenvalue weighted by Crippen LogP contribution is -2.40. The zero-order valence-corrected chi connectivity index (χ0v) is 16.9. The summed E-state index contributed by atoms with van der Waals surface area (Å²) in [4.78, 5) is 35.6. The number of phenols is 2. The average molecular weight is 412 g/mol. The number of hydrogen-bond acceptors (Lipinski definition) is 9. The SMILES string of the molecule is CCOCC(C)(COC(=O)CC)C(=O)OCCOC(=O)Cc1ccc(O)c(O)c1. The number of hydrogen-bond donors (Lipinski definition) is 2. The van der Waals surface area contributed by atoms with Gasteiger partial charge in [0.15, 0.2) is 11.5 Å². The number of aromatic hydroxyl groups is 2. The first-order valence-corrected chi connectivity index (χ1v) is 9.29. The van der Waals surface area contributed by atoms with Crippen LogP contribution in [0.15, 0.2) is 18.2 Å². The van der Waals surface area contributed by atoms with E-state index in [1.807, 2.05) is 0 Å². The third-order valence-electron chi connectivity index (χ3n) is 3.93. The topological polar surface area (TPSA) is 129 Å². The number of ether oxygens (including phenoxy) is 4. The molecule has 0 aromatic heterocycles. The molecule has 1 aromatic rings. The molecule has 9 heteroatoms. The van der Waals surface area contributed by atoms with Crippen LogP contribution < -0.4 is 0 Å². The van der Waals surface area contributed by atoms with Crippen molar-refractivity contribution < 1.29 is 43.5 Å². The maximum atomic E-state index is 12.4. The number of rotatable bonds is 12. The third kappa shape index (κ3) is 8.39. The molecular weight excluding hydrogens is 384 g/mol. The summed E-state index contributed by atoms with van der Waals surface area (Å²) in [5, 5.41) is 18.7. The minimum Gasteiger partial charge on any atom is -0.504 e. The number of esters is 3. The smallest absolute Gasteiger partial charge is 0.317 e. The fourth-order valence-corrected chi connectivity index (χ4v) is 2.19. The molecule has 9 nitrogen and oxygen atoms in total. The minimum atomic E-state index is -1.17. The molecule has 0 amide bonds. The third-order valence-corrected chi connectivity index (χ3v) is 3.93. The first-order chi connectivity index (χ1) is 13.7. The second kappa shape index (κ2) is 11.9. The molecule has 0 saturated carbocycles. The average Bonchev–Trinajstić information content (AvgIpc) is 2.70. The molecule has 1 rings (SSSR count). The number of carbonyl (C=O) groups excluding carboxylic acids is 3. The van der Waals surface area contributed by atoms with Crippen LogP contribution in [-0.4, -0.2) is 61.2 Å².